The molecule has 0 bridgehead atoms. The molecule has 1 heterocycles. The van der Waals surface area contributed by atoms with Gasteiger partial charge in [0.1, 0.15) is 0 Å². The second-order valence-corrected chi connectivity index (χ2v) is 7.32. The van der Waals surface area contributed by atoms with Gasteiger partial charge in [0.15, 0.2) is 0 Å². The van der Waals surface area contributed by atoms with E-state index in [0.29, 0.717) is 5.92 Å². The molecule has 25 heavy (non-hydrogen) atoms. The third kappa shape index (κ3) is 18.9. The van der Waals surface area contributed by atoms with E-state index >= 15 is 0 Å². The van der Waals surface area contributed by atoms with Gasteiger partial charge in [-0.1, -0.05) is 26.8 Å². The number of amides is 1. The normalized spacial score (nSPS) is 14.2. The molecule has 0 aromatic carbocycles. The summed E-state index contributed by atoms with van der Waals surface area (Å²) in [6, 6.07) is 0.924. The molecule has 1 amide bonds. The molecule has 1 N–H and O–H groups in total. The monoisotopic (exact) mass is 358 g/mol. The first kappa shape index (κ1) is 26.0. The van der Waals surface area contributed by atoms with Gasteiger partial charge in [-0.25, -0.2) is 4.79 Å². The van der Waals surface area contributed by atoms with Crippen LogP contribution in [0, 0.1) is 5.92 Å². The van der Waals surface area contributed by atoms with Crippen molar-refractivity contribution < 1.29 is 14.3 Å². The van der Waals surface area contributed by atoms with Crippen LogP contribution in [0.5, 0.6) is 0 Å². The molecule has 5 heteroatoms. The third-order valence-electron chi connectivity index (χ3n) is 3.64. The number of alkyl carbamates (subject to hydrolysis) is 1. The second-order valence-electron chi connectivity index (χ2n) is 7.32. The van der Waals surface area contributed by atoms with Crippen molar-refractivity contribution in [3.63, 3.8) is 0 Å². The van der Waals surface area contributed by atoms with E-state index in [2.05, 4.69) is 49.2 Å². The van der Waals surface area contributed by atoms with E-state index < -0.39 is 0 Å². The highest BCUT2D eigenvalue weighted by Crippen LogP contribution is 2.10. The molecular formula is C20H42N2O3. The maximum Gasteiger partial charge on any atom is 0.407 e. The molecule has 1 fully saturated rings. The van der Waals surface area contributed by atoms with E-state index in [1.807, 2.05) is 13.8 Å². The van der Waals surface area contributed by atoms with Crippen molar-refractivity contribution in [3.8, 4) is 0 Å². The van der Waals surface area contributed by atoms with Gasteiger partial charge in [0, 0.05) is 18.5 Å². The molecule has 0 saturated carbocycles. The SMILES string of the molecule is C=C(CC(C)C)OC.CC(C)N1CCCCC1.COC(=O)NC(C)C. The van der Waals surface area contributed by atoms with Crippen molar-refractivity contribution in [2.45, 2.75) is 79.3 Å². The maximum absolute atomic E-state index is 10.3. The number of nitrogens with zero attached hydrogens (tertiary/aromatic N) is 1. The predicted molar refractivity (Wildman–Crippen MR) is 107 cm³/mol. The zero-order valence-electron chi connectivity index (χ0n) is 17.9. The third-order valence-corrected chi connectivity index (χ3v) is 3.64. The standard InChI is InChI=1S/C8H17N.C7H14O.C5H11NO2/c1-8(2)9-6-4-3-5-7-9;1-6(2)5-7(3)8-4;1-4(2)6-5(7)8-3/h8H,3-7H2,1-2H3;6H,3,5H2,1-2,4H3;4H,1-3H3,(H,6,7). The molecule has 0 aromatic heterocycles. The molecule has 150 valence electrons. The number of ether oxygens (including phenoxy) is 2. The van der Waals surface area contributed by atoms with Gasteiger partial charge in [-0.2, -0.15) is 0 Å². The lowest BCUT2D eigenvalue weighted by Gasteiger charge is -2.29. The minimum Gasteiger partial charge on any atom is -0.502 e. The van der Waals surface area contributed by atoms with Crippen LogP contribution in [-0.2, 0) is 9.47 Å². The number of carbonyl (C=O) groups excluding carboxylic acids is 1. The summed E-state index contributed by atoms with van der Waals surface area (Å²) >= 11 is 0. The number of hydrogen-bond donors (Lipinski definition) is 1. The van der Waals surface area contributed by atoms with Gasteiger partial charge in [0.05, 0.1) is 20.0 Å². The van der Waals surface area contributed by atoms with Gasteiger partial charge in [0.25, 0.3) is 0 Å². The van der Waals surface area contributed by atoms with Crippen LogP contribution < -0.4 is 5.32 Å². The largest absolute Gasteiger partial charge is 0.502 e. The lowest BCUT2D eigenvalue weighted by atomic mass is 10.1. The van der Waals surface area contributed by atoms with Crippen molar-refractivity contribution in [2.24, 2.45) is 5.92 Å². The Morgan fingerprint density at radius 3 is 1.72 bits per heavy atom. The van der Waals surface area contributed by atoms with E-state index in [-0.39, 0.29) is 12.1 Å². The second kappa shape index (κ2) is 16.2. The lowest BCUT2D eigenvalue weighted by molar-refractivity contribution is 0.168. The highest BCUT2D eigenvalue weighted by atomic mass is 16.5. The van der Waals surface area contributed by atoms with Crippen molar-refractivity contribution in [2.75, 3.05) is 27.3 Å². The number of rotatable bonds is 5. The van der Waals surface area contributed by atoms with Gasteiger partial charge in [-0.3, -0.25) is 0 Å². The van der Waals surface area contributed by atoms with Crippen LogP contribution in [0.4, 0.5) is 4.79 Å². The first-order chi connectivity index (χ1) is 11.6. The zero-order chi connectivity index (χ0) is 19.8. The number of nitrogens with one attached hydrogen (secondary N) is 1. The first-order valence-electron chi connectivity index (χ1n) is 9.44. The topological polar surface area (TPSA) is 50.8 Å². The molecular weight excluding hydrogens is 316 g/mol. The van der Waals surface area contributed by atoms with E-state index in [4.69, 9.17) is 4.74 Å². The Hall–Kier alpha value is -1.23. The van der Waals surface area contributed by atoms with Gasteiger partial charge >= 0.3 is 6.09 Å². The number of carbonyl (C=O) groups is 1. The summed E-state index contributed by atoms with van der Waals surface area (Å²) in [4.78, 5) is 12.8. The molecule has 0 spiro atoms. The molecule has 5 nitrogen and oxygen atoms in total. The molecule has 0 unspecified atom stereocenters. The van der Waals surface area contributed by atoms with Gasteiger partial charge in [0.2, 0.25) is 0 Å². The van der Waals surface area contributed by atoms with Gasteiger partial charge in [-0.15, -0.1) is 0 Å². The fourth-order valence-corrected chi connectivity index (χ4v) is 2.27. The summed E-state index contributed by atoms with van der Waals surface area (Å²) in [5, 5.41) is 2.53. The van der Waals surface area contributed by atoms with Gasteiger partial charge in [-0.05, 0) is 59.5 Å². The number of likely N-dealkylation sites (tertiary alicyclic amines) is 1. The number of methoxy groups -OCH3 is 2. The molecule has 0 atom stereocenters. The summed E-state index contributed by atoms with van der Waals surface area (Å²) in [5.74, 6) is 1.53. The Bertz CT molecular complexity index is 314. The highest BCUT2D eigenvalue weighted by molar-refractivity contribution is 5.67. The average molecular weight is 359 g/mol. The van der Waals surface area contributed by atoms with Gasteiger partial charge < -0.3 is 19.7 Å². The summed E-state index contributed by atoms with van der Waals surface area (Å²) in [6.07, 6.45) is 4.87. The fraction of sp³-hybridized carbons (Fsp3) is 0.850. The molecule has 1 rings (SSSR count). The Balaban J connectivity index is 0. The Morgan fingerprint density at radius 2 is 1.52 bits per heavy atom. The van der Waals surface area contributed by atoms with E-state index in [1.54, 1.807) is 7.11 Å². The molecule has 0 aliphatic carbocycles. The van der Waals surface area contributed by atoms with Crippen molar-refractivity contribution in [1.29, 1.82) is 0 Å². The fourth-order valence-electron chi connectivity index (χ4n) is 2.27. The molecule has 1 aliphatic heterocycles. The maximum atomic E-state index is 10.3. The Labute approximate surface area is 156 Å². The average Bonchev–Trinajstić information content (AvgIpc) is 2.55. The van der Waals surface area contributed by atoms with Crippen molar-refractivity contribution in [3.05, 3.63) is 12.3 Å². The van der Waals surface area contributed by atoms with Crippen LogP contribution in [0.25, 0.3) is 0 Å². The molecule has 1 aliphatic rings. The van der Waals surface area contributed by atoms with Crippen LogP contribution in [0.15, 0.2) is 12.3 Å². The van der Waals surface area contributed by atoms with E-state index in [9.17, 15) is 4.79 Å². The summed E-state index contributed by atoms with van der Waals surface area (Å²) in [6.45, 7) is 18.9. The summed E-state index contributed by atoms with van der Waals surface area (Å²) in [7, 11) is 3.00. The first-order valence-corrected chi connectivity index (χ1v) is 9.44. The number of allylic oxidation sites excluding steroid dienone is 1. The van der Waals surface area contributed by atoms with Crippen LogP contribution in [-0.4, -0.2) is 50.4 Å². The minimum absolute atomic E-state index is 0.155. The van der Waals surface area contributed by atoms with E-state index in [0.717, 1.165) is 18.2 Å². The number of hydrogen-bond acceptors (Lipinski definition) is 4. The van der Waals surface area contributed by atoms with Crippen molar-refractivity contribution in [1.82, 2.24) is 10.2 Å². The Kier molecular flexibility index (Phi) is 16.9. The van der Waals surface area contributed by atoms with Crippen LogP contribution in [0.3, 0.4) is 0 Å². The smallest absolute Gasteiger partial charge is 0.407 e. The summed E-state index contributed by atoms with van der Waals surface area (Å²) < 4.78 is 9.18. The van der Waals surface area contributed by atoms with E-state index in [1.165, 1.54) is 39.5 Å². The lowest BCUT2D eigenvalue weighted by Crippen LogP contribution is -2.35. The molecule has 0 radical (unpaired) electrons. The van der Waals surface area contributed by atoms with Crippen LogP contribution >= 0.6 is 0 Å². The Morgan fingerprint density at radius 1 is 1.00 bits per heavy atom. The highest BCUT2D eigenvalue weighted by Gasteiger charge is 2.11. The number of piperidine rings is 1. The van der Waals surface area contributed by atoms with Crippen LogP contribution in [0.2, 0.25) is 0 Å². The summed E-state index contributed by atoms with van der Waals surface area (Å²) in [5.41, 5.74) is 0. The quantitative estimate of drug-likeness (QED) is 0.716. The minimum atomic E-state index is -0.375. The molecule has 1 saturated heterocycles. The van der Waals surface area contributed by atoms with Crippen molar-refractivity contribution >= 4 is 6.09 Å². The zero-order valence-corrected chi connectivity index (χ0v) is 17.9. The predicted octanol–water partition coefficient (Wildman–Crippen LogP) is 4.82. The molecule has 0 aromatic rings. The van der Waals surface area contributed by atoms with Crippen LogP contribution in [0.1, 0.15) is 67.2 Å².